The lowest BCUT2D eigenvalue weighted by atomic mass is 10.2. The second-order valence-electron chi connectivity index (χ2n) is 4.15. The minimum Gasteiger partial charge on any atom is -0.477 e. The molecule has 1 heterocycles. The van der Waals surface area contributed by atoms with E-state index in [0.717, 1.165) is 17.8 Å². The smallest absolute Gasteiger partial charge is 0.346 e. The van der Waals surface area contributed by atoms with Crippen molar-refractivity contribution in [1.29, 1.82) is 0 Å². The second-order valence-corrected chi connectivity index (χ2v) is 7.17. The van der Waals surface area contributed by atoms with Gasteiger partial charge in [0.25, 0.3) is 0 Å². The predicted molar refractivity (Wildman–Crippen MR) is 68.2 cm³/mol. The summed E-state index contributed by atoms with van der Waals surface area (Å²) in [6.07, 6.45) is 0.800. The number of thiophene rings is 1. The summed E-state index contributed by atoms with van der Waals surface area (Å²) in [5.41, 5.74) is 0.394. The summed E-state index contributed by atoms with van der Waals surface area (Å²) in [5.74, 6) is -1.03. The highest BCUT2D eigenvalue weighted by atomic mass is 32.2. The first-order valence-electron chi connectivity index (χ1n) is 5.35. The molecule has 0 aromatic carbocycles. The Morgan fingerprint density at radius 1 is 1.53 bits per heavy atom. The summed E-state index contributed by atoms with van der Waals surface area (Å²) >= 11 is 1.06. The average molecular weight is 276 g/mol. The maximum Gasteiger partial charge on any atom is 0.346 e. The average Bonchev–Trinajstić information content (AvgIpc) is 2.64. The quantitative estimate of drug-likeness (QED) is 0.866. The second kappa shape index (κ2) is 5.64. The lowest BCUT2D eigenvalue weighted by Gasteiger charge is -2.09. The minimum atomic E-state index is -3.23. The Balaban J connectivity index is 2.83. The lowest BCUT2D eigenvalue weighted by Crippen LogP contribution is -2.16. The Kier molecular flexibility index (Phi) is 4.70. The molecule has 0 bridgehead atoms. The van der Waals surface area contributed by atoms with Gasteiger partial charge in [-0.2, -0.15) is 0 Å². The van der Waals surface area contributed by atoms with E-state index < -0.39 is 15.8 Å². The summed E-state index contributed by atoms with van der Waals surface area (Å²) in [6, 6.07) is 1.57. The summed E-state index contributed by atoms with van der Waals surface area (Å²) in [7, 11) is -3.23. The topological polar surface area (TPSA) is 71.4 Å². The minimum absolute atomic E-state index is 0.104. The van der Waals surface area contributed by atoms with Gasteiger partial charge in [-0.05, 0) is 22.9 Å². The Morgan fingerprint density at radius 3 is 2.71 bits per heavy atom. The first-order chi connectivity index (χ1) is 7.85. The molecule has 0 saturated carbocycles. The molecule has 1 atom stereocenters. The van der Waals surface area contributed by atoms with Crippen LogP contribution >= 0.6 is 11.3 Å². The molecule has 96 valence electrons. The van der Waals surface area contributed by atoms with Crippen LogP contribution in [0, 0.1) is 5.92 Å². The Bertz CT molecular complexity index is 487. The zero-order valence-electron chi connectivity index (χ0n) is 9.84. The number of rotatable bonds is 6. The van der Waals surface area contributed by atoms with E-state index in [4.69, 9.17) is 5.11 Å². The van der Waals surface area contributed by atoms with Gasteiger partial charge < -0.3 is 5.11 Å². The van der Waals surface area contributed by atoms with Crippen LogP contribution < -0.4 is 0 Å². The van der Waals surface area contributed by atoms with Gasteiger partial charge >= 0.3 is 5.97 Å². The third kappa shape index (κ3) is 4.12. The highest BCUT2D eigenvalue weighted by molar-refractivity contribution is 7.90. The normalized spacial score (nSPS) is 13.5. The van der Waals surface area contributed by atoms with Crippen molar-refractivity contribution in [2.45, 2.75) is 26.0 Å². The standard InChI is InChI=1S/C11H16O4S2/c1-3-8(2)6-17(14,15)7-9-4-5-16-10(9)11(12)13/h4-5,8H,3,6-7H2,1-2H3,(H,12,13). The monoisotopic (exact) mass is 276 g/mol. The third-order valence-electron chi connectivity index (χ3n) is 2.55. The van der Waals surface area contributed by atoms with Gasteiger partial charge in [0.15, 0.2) is 9.84 Å². The largest absolute Gasteiger partial charge is 0.477 e. The molecular weight excluding hydrogens is 260 g/mol. The summed E-state index contributed by atoms with van der Waals surface area (Å²) in [6.45, 7) is 3.82. The molecule has 0 amide bonds. The summed E-state index contributed by atoms with van der Waals surface area (Å²) in [5, 5.41) is 10.5. The van der Waals surface area contributed by atoms with Gasteiger partial charge in [0.05, 0.1) is 11.5 Å². The molecule has 0 spiro atoms. The number of hydrogen-bond donors (Lipinski definition) is 1. The molecule has 0 aliphatic carbocycles. The van der Waals surface area contributed by atoms with Gasteiger partial charge in [-0.1, -0.05) is 20.3 Å². The molecule has 1 N–H and O–H groups in total. The van der Waals surface area contributed by atoms with Crippen molar-refractivity contribution < 1.29 is 18.3 Å². The van der Waals surface area contributed by atoms with Crippen LogP contribution in [-0.2, 0) is 15.6 Å². The van der Waals surface area contributed by atoms with Crippen LogP contribution in [0.4, 0.5) is 0 Å². The van der Waals surface area contributed by atoms with E-state index in [2.05, 4.69) is 0 Å². The molecule has 1 rings (SSSR count). The van der Waals surface area contributed by atoms with E-state index in [0.29, 0.717) is 5.56 Å². The number of carbonyl (C=O) groups is 1. The molecule has 0 fully saturated rings. The van der Waals surface area contributed by atoms with Crippen molar-refractivity contribution in [3.63, 3.8) is 0 Å². The van der Waals surface area contributed by atoms with Gasteiger partial charge in [-0.25, -0.2) is 13.2 Å². The van der Waals surface area contributed by atoms with Crippen molar-refractivity contribution in [3.05, 3.63) is 21.9 Å². The number of sulfone groups is 1. The van der Waals surface area contributed by atoms with Crippen LogP contribution in [0.15, 0.2) is 11.4 Å². The Hall–Kier alpha value is -0.880. The van der Waals surface area contributed by atoms with Gasteiger partial charge in [-0.3, -0.25) is 0 Å². The van der Waals surface area contributed by atoms with E-state index in [-0.39, 0.29) is 22.3 Å². The van der Waals surface area contributed by atoms with Crippen molar-refractivity contribution >= 4 is 27.1 Å². The number of hydrogen-bond acceptors (Lipinski definition) is 4. The fourth-order valence-corrected chi connectivity index (χ4v) is 4.27. The molecule has 4 nitrogen and oxygen atoms in total. The van der Waals surface area contributed by atoms with Crippen LogP contribution in [0.1, 0.15) is 35.5 Å². The van der Waals surface area contributed by atoms with Crippen LogP contribution in [-0.4, -0.2) is 25.2 Å². The maximum atomic E-state index is 11.9. The lowest BCUT2D eigenvalue weighted by molar-refractivity contribution is 0.0701. The zero-order chi connectivity index (χ0) is 13.1. The zero-order valence-corrected chi connectivity index (χ0v) is 11.5. The van der Waals surface area contributed by atoms with Crippen LogP contribution in [0.3, 0.4) is 0 Å². The molecule has 1 unspecified atom stereocenters. The Morgan fingerprint density at radius 2 is 2.18 bits per heavy atom. The fourth-order valence-electron chi connectivity index (χ4n) is 1.48. The fraction of sp³-hybridized carbons (Fsp3) is 0.545. The van der Waals surface area contributed by atoms with Gasteiger partial charge in [0.2, 0.25) is 0 Å². The van der Waals surface area contributed by atoms with E-state index in [1.807, 2.05) is 13.8 Å². The highest BCUT2D eigenvalue weighted by Crippen LogP contribution is 2.20. The molecule has 0 aliphatic rings. The van der Waals surface area contributed by atoms with Crippen LogP contribution in [0.2, 0.25) is 0 Å². The van der Waals surface area contributed by atoms with Crippen molar-refractivity contribution in [1.82, 2.24) is 0 Å². The molecule has 0 saturated heterocycles. The van der Waals surface area contributed by atoms with E-state index >= 15 is 0 Å². The van der Waals surface area contributed by atoms with E-state index in [9.17, 15) is 13.2 Å². The van der Waals surface area contributed by atoms with Gasteiger partial charge in [0, 0.05) is 0 Å². The maximum absolute atomic E-state index is 11.9. The van der Waals surface area contributed by atoms with Crippen molar-refractivity contribution in [2.75, 3.05) is 5.75 Å². The first kappa shape index (κ1) is 14.2. The molecule has 0 aliphatic heterocycles. The molecule has 1 aromatic rings. The van der Waals surface area contributed by atoms with Gasteiger partial charge in [0.1, 0.15) is 4.88 Å². The molecule has 0 radical (unpaired) electrons. The number of carboxylic acids is 1. The Labute approximate surface area is 105 Å². The summed E-state index contributed by atoms with van der Waals surface area (Å²) < 4.78 is 23.7. The SMILES string of the molecule is CCC(C)CS(=O)(=O)Cc1ccsc1C(=O)O. The predicted octanol–water partition coefficient (Wildman–Crippen LogP) is 2.41. The molecule has 1 aromatic heterocycles. The molecule has 17 heavy (non-hydrogen) atoms. The van der Waals surface area contributed by atoms with Gasteiger partial charge in [-0.15, -0.1) is 11.3 Å². The molecular formula is C11H16O4S2. The summed E-state index contributed by atoms with van der Waals surface area (Å²) in [4.78, 5) is 11.0. The first-order valence-corrected chi connectivity index (χ1v) is 8.06. The highest BCUT2D eigenvalue weighted by Gasteiger charge is 2.20. The number of carboxylic acid groups (broad SMARTS) is 1. The molecule has 6 heteroatoms. The van der Waals surface area contributed by atoms with Crippen LogP contribution in [0.5, 0.6) is 0 Å². The van der Waals surface area contributed by atoms with Crippen molar-refractivity contribution in [2.24, 2.45) is 5.92 Å². The van der Waals surface area contributed by atoms with E-state index in [1.165, 1.54) is 0 Å². The van der Waals surface area contributed by atoms with Crippen LogP contribution in [0.25, 0.3) is 0 Å². The van der Waals surface area contributed by atoms with E-state index in [1.54, 1.807) is 11.4 Å². The van der Waals surface area contributed by atoms with Crippen molar-refractivity contribution in [3.8, 4) is 0 Å². The third-order valence-corrected chi connectivity index (χ3v) is 5.32. The number of aromatic carboxylic acids is 1.